The molecule has 0 aliphatic rings. The van der Waals surface area contributed by atoms with Crippen LogP contribution in [-0.2, 0) is 0 Å². The van der Waals surface area contributed by atoms with E-state index in [1.54, 1.807) is 0 Å². The van der Waals surface area contributed by atoms with E-state index < -0.39 is 0 Å². The molecule has 4 aromatic rings. The molecule has 4 nitrogen and oxygen atoms in total. The minimum absolute atomic E-state index is 0.267. The van der Waals surface area contributed by atoms with Crippen molar-refractivity contribution >= 4 is 22.7 Å². The lowest BCUT2D eigenvalue weighted by atomic mass is 10.0. The Kier molecular flexibility index (Phi) is 5.46. The van der Waals surface area contributed by atoms with Gasteiger partial charge in [-0.05, 0) is 35.7 Å². The molecule has 1 heterocycles. The van der Waals surface area contributed by atoms with Gasteiger partial charge < -0.3 is 0 Å². The third-order valence-corrected chi connectivity index (χ3v) is 5.26. The van der Waals surface area contributed by atoms with Gasteiger partial charge in [0.2, 0.25) is 0 Å². The first-order valence-electron chi connectivity index (χ1n) is 9.15. The van der Waals surface area contributed by atoms with Crippen LogP contribution in [0.3, 0.4) is 0 Å². The van der Waals surface area contributed by atoms with Crippen molar-refractivity contribution in [1.29, 1.82) is 5.26 Å². The second kappa shape index (κ2) is 8.51. The number of thiazole rings is 1. The average Bonchev–Trinajstić information content (AvgIpc) is 3.25. The molecule has 1 aromatic heterocycles. The summed E-state index contributed by atoms with van der Waals surface area (Å²) in [5.74, 6) is 0. The molecule has 0 fully saturated rings. The van der Waals surface area contributed by atoms with E-state index in [0.717, 1.165) is 28.1 Å². The average molecular weight is 395 g/mol. The van der Waals surface area contributed by atoms with Crippen LogP contribution in [0.15, 0.2) is 89.3 Å². The summed E-state index contributed by atoms with van der Waals surface area (Å²) in [7, 11) is 0. The Balaban J connectivity index is 1.54. The van der Waals surface area contributed by atoms with Gasteiger partial charge in [-0.3, -0.25) is 5.43 Å². The van der Waals surface area contributed by atoms with E-state index in [9.17, 15) is 5.26 Å². The molecule has 0 aliphatic carbocycles. The molecule has 1 N–H and O–H groups in total. The van der Waals surface area contributed by atoms with Crippen LogP contribution in [0.4, 0.5) is 5.69 Å². The molecule has 0 amide bonds. The van der Waals surface area contributed by atoms with Crippen molar-refractivity contribution in [3.05, 3.63) is 94.8 Å². The summed E-state index contributed by atoms with van der Waals surface area (Å²) in [6.07, 6.45) is 0. The number of nitrogens with one attached hydrogen (secondary N) is 1. The third kappa shape index (κ3) is 4.40. The first-order valence-corrected chi connectivity index (χ1v) is 10.0. The number of benzene rings is 3. The van der Waals surface area contributed by atoms with E-state index in [4.69, 9.17) is 0 Å². The van der Waals surface area contributed by atoms with Gasteiger partial charge in [0, 0.05) is 10.9 Å². The van der Waals surface area contributed by atoms with Crippen LogP contribution in [0.5, 0.6) is 0 Å². The van der Waals surface area contributed by atoms with Crippen molar-refractivity contribution in [3.8, 4) is 28.5 Å². The van der Waals surface area contributed by atoms with Crippen LogP contribution in [0.2, 0.25) is 0 Å². The number of anilines is 1. The monoisotopic (exact) mass is 394 g/mol. The van der Waals surface area contributed by atoms with E-state index in [0.29, 0.717) is 5.01 Å². The highest BCUT2D eigenvalue weighted by Crippen LogP contribution is 2.26. The van der Waals surface area contributed by atoms with Crippen LogP contribution in [0, 0.1) is 18.3 Å². The molecule has 140 valence electrons. The number of hydrazone groups is 1. The minimum atomic E-state index is 0.267. The molecule has 3 aromatic carbocycles. The standard InChI is InChI=1S/C24H18N4S/c1-17-6-5-9-21(14-17)27-28-22(15-25)24-26-23(16-29-24)20-12-10-19(11-13-20)18-7-3-2-4-8-18/h2-14,16,27H,1H3. The normalized spacial score (nSPS) is 11.1. The SMILES string of the molecule is Cc1cccc(NN=C(C#N)c2nc(-c3ccc(-c4ccccc4)cc3)cs2)c1. The number of aromatic nitrogens is 1. The van der Waals surface area contributed by atoms with E-state index in [-0.39, 0.29) is 5.71 Å². The molecule has 0 spiro atoms. The first kappa shape index (κ1) is 18.6. The fourth-order valence-corrected chi connectivity index (χ4v) is 3.70. The van der Waals surface area contributed by atoms with Crippen LogP contribution in [-0.4, -0.2) is 10.7 Å². The molecule has 0 aliphatic heterocycles. The zero-order chi connectivity index (χ0) is 20.1. The lowest BCUT2D eigenvalue weighted by Crippen LogP contribution is -2.01. The van der Waals surface area contributed by atoms with E-state index in [1.807, 2.05) is 54.8 Å². The maximum atomic E-state index is 9.50. The molecule has 5 heteroatoms. The fourth-order valence-electron chi connectivity index (χ4n) is 2.93. The smallest absolute Gasteiger partial charge is 0.196 e. The molecule has 0 saturated heterocycles. The summed E-state index contributed by atoms with van der Waals surface area (Å²) in [5, 5.41) is 16.3. The fraction of sp³-hybridized carbons (Fsp3) is 0.0417. The number of nitrogens with zero attached hydrogens (tertiary/aromatic N) is 3. The summed E-state index contributed by atoms with van der Waals surface area (Å²) in [6, 6.07) is 28.5. The number of nitriles is 1. The van der Waals surface area contributed by atoms with Gasteiger partial charge in [-0.1, -0.05) is 66.7 Å². The Bertz CT molecular complexity index is 1190. The topological polar surface area (TPSA) is 61.1 Å². The highest BCUT2D eigenvalue weighted by molar-refractivity contribution is 7.12. The summed E-state index contributed by atoms with van der Waals surface area (Å²) in [5.41, 5.74) is 9.36. The molecule has 0 bridgehead atoms. The predicted octanol–water partition coefficient (Wildman–Crippen LogP) is 6.13. The highest BCUT2D eigenvalue weighted by Gasteiger charge is 2.11. The van der Waals surface area contributed by atoms with Gasteiger partial charge in [-0.2, -0.15) is 10.4 Å². The van der Waals surface area contributed by atoms with Gasteiger partial charge in [0.1, 0.15) is 6.07 Å². The van der Waals surface area contributed by atoms with Gasteiger partial charge in [-0.15, -0.1) is 11.3 Å². The predicted molar refractivity (Wildman–Crippen MR) is 120 cm³/mol. The quantitative estimate of drug-likeness (QED) is 0.327. The molecular weight excluding hydrogens is 376 g/mol. The Morgan fingerprint density at radius 1 is 0.931 bits per heavy atom. The molecule has 0 saturated carbocycles. The van der Waals surface area contributed by atoms with Crippen molar-refractivity contribution in [1.82, 2.24) is 4.98 Å². The van der Waals surface area contributed by atoms with E-state index in [2.05, 4.69) is 58.0 Å². The Labute approximate surface area is 173 Å². The summed E-state index contributed by atoms with van der Waals surface area (Å²) in [4.78, 5) is 4.61. The molecule has 0 unspecified atom stereocenters. The van der Waals surface area contributed by atoms with Gasteiger partial charge in [0.15, 0.2) is 10.7 Å². The number of hydrogen-bond acceptors (Lipinski definition) is 5. The van der Waals surface area contributed by atoms with E-state index in [1.165, 1.54) is 16.9 Å². The molecule has 0 atom stereocenters. The Morgan fingerprint density at radius 3 is 2.38 bits per heavy atom. The maximum absolute atomic E-state index is 9.50. The highest BCUT2D eigenvalue weighted by atomic mass is 32.1. The zero-order valence-electron chi connectivity index (χ0n) is 15.8. The van der Waals surface area contributed by atoms with Crippen LogP contribution in [0.25, 0.3) is 22.4 Å². The molecular formula is C24H18N4S. The van der Waals surface area contributed by atoms with Crippen LogP contribution < -0.4 is 5.43 Å². The van der Waals surface area contributed by atoms with Gasteiger partial charge >= 0.3 is 0 Å². The number of hydrogen-bond donors (Lipinski definition) is 1. The third-order valence-electron chi connectivity index (χ3n) is 4.42. The molecule has 29 heavy (non-hydrogen) atoms. The van der Waals surface area contributed by atoms with Crippen molar-refractivity contribution in [2.75, 3.05) is 5.43 Å². The Hall–Kier alpha value is -3.75. The maximum Gasteiger partial charge on any atom is 0.196 e. The molecule has 0 radical (unpaired) electrons. The minimum Gasteiger partial charge on any atom is -0.277 e. The second-order valence-corrected chi connectivity index (χ2v) is 7.39. The largest absolute Gasteiger partial charge is 0.277 e. The zero-order valence-corrected chi connectivity index (χ0v) is 16.6. The van der Waals surface area contributed by atoms with Crippen LogP contribution in [0.1, 0.15) is 10.6 Å². The lowest BCUT2D eigenvalue weighted by molar-refractivity contribution is 1.30. The number of rotatable bonds is 5. The summed E-state index contributed by atoms with van der Waals surface area (Å²) in [6.45, 7) is 2.01. The van der Waals surface area contributed by atoms with Crippen molar-refractivity contribution < 1.29 is 0 Å². The van der Waals surface area contributed by atoms with E-state index >= 15 is 0 Å². The van der Waals surface area contributed by atoms with Crippen molar-refractivity contribution in [2.24, 2.45) is 5.10 Å². The summed E-state index contributed by atoms with van der Waals surface area (Å²) < 4.78 is 0. The second-order valence-electron chi connectivity index (χ2n) is 6.53. The van der Waals surface area contributed by atoms with Gasteiger partial charge in [0.05, 0.1) is 11.4 Å². The van der Waals surface area contributed by atoms with Crippen molar-refractivity contribution in [3.63, 3.8) is 0 Å². The van der Waals surface area contributed by atoms with Gasteiger partial charge in [0.25, 0.3) is 0 Å². The first-order chi connectivity index (χ1) is 14.2. The lowest BCUT2D eigenvalue weighted by Gasteiger charge is -2.03. The summed E-state index contributed by atoms with van der Waals surface area (Å²) >= 11 is 1.41. The van der Waals surface area contributed by atoms with Crippen LogP contribution >= 0.6 is 11.3 Å². The van der Waals surface area contributed by atoms with Crippen molar-refractivity contribution in [2.45, 2.75) is 6.92 Å². The van der Waals surface area contributed by atoms with Gasteiger partial charge in [-0.25, -0.2) is 4.98 Å². The Morgan fingerprint density at radius 2 is 1.66 bits per heavy atom. The number of aryl methyl sites for hydroxylation is 1. The molecule has 4 rings (SSSR count).